The molecule has 100 valence electrons. The van der Waals surface area contributed by atoms with Crippen LogP contribution < -0.4 is 4.90 Å². The van der Waals surface area contributed by atoms with Crippen LogP contribution in [-0.2, 0) is 6.54 Å². The van der Waals surface area contributed by atoms with Crippen molar-refractivity contribution < 1.29 is 4.79 Å². The molecule has 2 aromatic rings. The van der Waals surface area contributed by atoms with Crippen LogP contribution in [0.1, 0.15) is 21.6 Å². The van der Waals surface area contributed by atoms with Crippen LogP contribution in [0.2, 0.25) is 0 Å². The number of ketones is 1. The minimum Gasteiger partial charge on any atom is -0.347 e. The molecule has 0 aliphatic carbocycles. The van der Waals surface area contributed by atoms with Crippen molar-refractivity contribution in [1.29, 1.82) is 0 Å². The van der Waals surface area contributed by atoms with Gasteiger partial charge in [0, 0.05) is 19.0 Å². The standard InChI is InChI=1S/C14H15ClN2OS/c1-10-5-3-4-6-11(10)8-17(2)14-16-12(9-19-14)13(18)7-15/h3-6,9H,7-8H2,1-2H3. The van der Waals surface area contributed by atoms with Crippen LogP contribution in [0.15, 0.2) is 29.6 Å². The van der Waals surface area contributed by atoms with E-state index in [-0.39, 0.29) is 11.7 Å². The van der Waals surface area contributed by atoms with Crippen molar-refractivity contribution in [3.63, 3.8) is 0 Å². The number of nitrogens with zero attached hydrogens (tertiary/aromatic N) is 2. The SMILES string of the molecule is Cc1ccccc1CN(C)c1nc(C(=O)CCl)cs1. The second-order valence-corrected chi connectivity index (χ2v) is 5.46. The Hall–Kier alpha value is -1.39. The largest absolute Gasteiger partial charge is 0.347 e. The summed E-state index contributed by atoms with van der Waals surface area (Å²) in [5, 5.41) is 2.59. The van der Waals surface area contributed by atoms with Gasteiger partial charge in [0.2, 0.25) is 0 Å². The van der Waals surface area contributed by atoms with Crippen LogP contribution in [0.5, 0.6) is 0 Å². The van der Waals surface area contributed by atoms with Gasteiger partial charge in [-0.2, -0.15) is 0 Å². The number of anilines is 1. The van der Waals surface area contributed by atoms with E-state index in [1.54, 1.807) is 5.38 Å². The summed E-state index contributed by atoms with van der Waals surface area (Å²) in [6, 6.07) is 8.25. The molecule has 0 aliphatic rings. The van der Waals surface area contributed by atoms with E-state index in [2.05, 4.69) is 24.0 Å². The second kappa shape index (κ2) is 6.17. The zero-order valence-corrected chi connectivity index (χ0v) is 12.5. The van der Waals surface area contributed by atoms with Gasteiger partial charge in [-0.3, -0.25) is 4.79 Å². The van der Waals surface area contributed by atoms with Crippen LogP contribution >= 0.6 is 22.9 Å². The number of rotatable bonds is 5. The number of hydrogen-bond acceptors (Lipinski definition) is 4. The van der Waals surface area contributed by atoms with Gasteiger partial charge in [-0.15, -0.1) is 22.9 Å². The monoisotopic (exact) mass is 294 g/mol. The summed E-state index contributed by atoms with van der Waals surface area (Å²) in [5.74, 6) is -0.154. The van der Waals surface area contributed by atoms with E-state index in [0.717, 1.165) is 11.7 Å². The van der Waals surface area contributed by atoms with Crippen molar-refractivity contribution in [3.8, 4) is 0 Å². The molecule has 1 aromatic heterocycles. The first-order valence-electron chi connectivity index (χ1n) is 5.92. The van der Waals surface area contributed by atoms with E-state index in [9.17, 15) is 4.79 Å². The smallest absolute Gasteiger partial charge is 0.196 e. The molecule has 0 fully saturated rings. The van der Waals surface area contributed by atoms with Gasteiger partial charge in [0.05, 0.1) is 5.88 Å². The molecule has 0 saturated carbocycles. The van der Waals surface area contributed by atoms with Crippen LogP contribution in [0, 0.1) is 6.92 Å². The number of Topliss-reactive ketones (excluding diaryl/α,β-unsaturated/α-hetero) is 1. The van der Waals surface area contributed by atoms with Gasteiger partial charge in [-0.05, 0) is 18.1 Å². The van der Waals surface area contributed by atoms with E-state index < -0.39 is 0 Å². The van der Waals surface area contributed by atoms with Gasteiger partial charge in [-0.25, -0.2) is 4.98 Å². The number of halogens is 1. The van der Waals surface area contributed by atoms with Crippen molar-refractivity contribution in [2.75, 3.05) is 17.8 Å². The summed E-state index contributed by atoms with van der Waals surface area (Å²) >= 11 is 6.99. The molecule has 0 unspecified atom stereocenters. The molecule has 0 radical (unpaired) electrons. The van der Waals surface area contributed by atoms with Crippen molar-refractivity contribution in [3.05, 3.63) is 46.5 Å². The highest BCUT2D eigenvalue weighted by molar-refractivity contribution is 7.13. The average molecular weight is 295 g/mol. The topological polar surface area (TPSA) is 33.2 Å². The Kier molecular flexibility index (Phi) is 4.56. The third-order valence-corrected chi connectivity index (χ3v) is 4.09. The second-order valence-electron chi connectivity index (χ2n) is 4.35. The molecule has 1 heterocycles. The molecular weight excluding hydrogens is 280 g/mol. The Bertz CT molecular complexity index is 582. The zero-order chi connectivity index (χ0) is 13.8. The van der Waals surface area contributed by atoms with Crippen molar-refractivity contribution >= 4 is 33.9 Å². The summed E-state index contributed by atoms with van der Waals surface area (Å²) in [4.78, 5) is 17.8. The predicted octanol–water partition coefficient (Wildman–Crippen LogP) is 3.51. The maximum absolute atomic E-state index is 11.5. The summed E-state index contributed by atoms with van der Waals surface area (Å²) in [6.07, 6.45) is 0. The first-order chi connectivity index (χ1) is 9.11. The minimum absolute atomic E-state index is 0.0231. The van der Waals surface area contributed by atoms with E-state index in [1.165, 1.54) is 22.5 Å². The van der Waals surface area contributed by atoms with Gasteiger partial charge in [-0.1, -0.05) is 24.3 Å². The molecule has 3 nitrogen and oxygen atoms in total. The lowest BCUT2D eigenvalue weighted by molar-refractivity contribution is 0.101. The molecule has 0 aliphatic heterocycles. The van der Waals surface area contributed by atoms with Crippen LogP contribution in [0.4, 0.5) is 5.13 Å². The summed E-state index contributed by atoms with van der Waals surface area (Å²) in [7, 11) is 1.97. The molecule has 2 rings (SSSR count). The molecule has 0 spiro atoms. The van der Waals surface area contributed by atoms with Crippen molar-refractivity contribution in [2.45, 2.75) is 13.5 Å². The Morgan fingerprint density at radius 1 is 1.42 bits per heavy atom. The molecular formula is C14H15ClN2OS. The number of benzene rings is 1. The van der Waals surface area contributed by atoms with E-state index >= 15 is 0 Å². The summed E-state index contributed by atoms with van der Waals surface area (Å²) in [6.45, 7) is 2.86. The number of alkyl halides is 1. The molecule has 19 heavy (non-hydrogen) atoms. The first-order valence-corrected chi connectivity index (χ1v) is 7.33. The van der Waals surface area contributed by atoms with Gasteiger partial charge in [0.15, 0.2) is 10.9 Å². The molecule has 0 amide bonds. The van der Waals surface area contributed by atoms with Gasteiger partial charge in [0.25, 0.3) is 0 Å². The maximum Gasteiger partial charge on any atom is 0.196 e. The average Bonchev–Trinajstić information content (AvgIpc) is 2.90. The fourth-order valence-electron chi connectivity index (χ4n) is 1.75. The molecule has 0 saturated heterocycles. The Balaban J connectivity index is 2.12. The highest BCUT2D eigenvalue weighted by Gasteiger charge is 2.12. The summed E-state index contributed by atoms with van der Waals surface area (Å²) in [5.41, 5.74) is 2.96. The van der Waals surface area contributed by atoms with Crippen LogP contribution in [-0.4, -0.2) is 23.7 Å². The lowest BCUT2D eigenvalue weighted by Gasteiger charge is -2.17. The van der Waals surface area contributed by atoms with E-state index in [1.807, 2.05) is 24.1 Å². The number of carbonyl (C=O) groups excluding carboxylic acids is 1. The third-order valence-electron chi connectivity index (χ3n) is 2.89. The Morgan fingerprint density at radius 2 is 2.16 bits per heavy atom. The highest BCUT2D eigenvalue weighted by atomic mass is 35.5. The van der Waals surface area contributed by atoms with Crippen molar-refractivity contribution in [1.82, 2.24) is 4.98 Å². The molecule has 0 atom stereocenters. The number of aromatic nitrogens is 1. The Morgan fingerprint density at radius 3 is 2.84 bits per heavy atom. The minimum atomic E-state index is -0.131. The fourth-order valence-corrected chi connectivity index (χ4v) is 2.68. The maximum atomic E-state index is 11.5. The normalized spacial score (nSPS) is 10.5. The third kappa shape index (κ3) is 3.33. The van der Waals surface area contributed by atoms with Gasteiger partial charge < -0.3 is 4.90 Å². The van der Waals surface area contributed by atoms with Gasteiger partial charge in [0.1, 0.15) is 5.69 Å². The number of aryl methyl sites for hydroxylation is 1. The number of carbonyl (C=O) groups is 1. The Labute approximate surface area is 121 Å². The first kappa shape index (κ1) is 14.0. The highest BCUT2D eigenvalue weighted by Crippen LogP contribution is 2.22. The molecule has 5 heteroatoms. The number of thiazole rings is 1. The summed E-state index contributed by atoms with van der Waals surface area (Å²) < 4.78 is 0. The molecule has 0 N–H and O–H groups in total. The van der Waals surface area contributed by atoms with Crippen molar-refractivity contribution in [2.24, 2.45) is 0 Å². The fraction of sp³-hybridized carbons (Fsp3) is 0.286. The number of hydrogen-bond donors (Lipinski definition) is 0. The lowest BCUT2D eigenvalue weighted by atomic mass is 10.1. The van der Waals surface area contributed by atoms with Gasteiger partial charge >= 0.3 is 0 Å². The zero-order valence-electron chi connectivity index (χ0n) is 10.9. The quantitative estimate of drug-likeness (QED) is 0.625. The van der Waals surface area contributed by atoms with Crippen LogP contribution in [0.25, 0.3) is 0 Å². The molecule has 1 aromatic carbocycles. The van der Waals surface area contributed by atoms with Crippen LogP contribution in [0.3, 0.4) is 0 Å². The predicted molar refractivity (Wildman–Crippen MR) is 80.5 cm³/mol. The lowest BCUT2D eigenvalue weighted by Crippen LogP contribution is -2.17. The van der Waals surface area contributed by atoms with E-state index in [0.29, 0.717) is 5.69 Å². The molecule has 0 bridgehead atoms. The van der Waals surface area contributed by atoms with E-state index in [4.69, 9.17) is 11.6 Å².